The van der Waals surface area contributed by atoms with E-state index in [1.54, 1.807) is 19.1 Å². The number of ether oxygens (including phenoxy) is 2. The Morgan fingerprint density at radius 3 is 2.56 bits per heavy atom. The molecule has 0 spiro atoms. The summed E-state index contributed by atoms with van der Waals surface area (Å²) in [5.74, 6) is -2.79. The normalized spacial score (nSPS) is 16.8. The summed E-state index contributed by atoms with van der Waals surface area (Å²) in [7, 11) is 2.63. The Balaban J connectivity index is 1.97. The van der Waals surface area contributed by atoms with Gasteiger partial charge in [0, 0.05) is 17.7 Å². The van der Waals surface area contributed by atoms with E-state index in [-0.39, 0.29) is 38.1 Å². The Bertz CT molecular complexity index is 1440. The fraction of sp³-hybridized carbons (Fsp3) is 0.167. The van der Waals surface area contributed by atoms with Gasteiger partial charge in [0.15, 0.2) is 5.13 Å². The molecule has 2 aromatic carbocycles. The van der Waals surface area contributed by atoms with Crippen LogP contribution < -0.4 is 9.64 Å². The smallest absolute Gasteiger partial charge is 0.350 e. The average Bonchev–Trinajstić information content (AvgIpc) is 3.39. The van der Waals surface area contributed by atoms with Gasteiger partial charge in [-0.25, -0.2) is 9.78 Å². The molecule has 0 unspecified atom stereocenters. The first kappa shape index (κ1) is 24.5. The second kappa shape index (κ2) is 9.58. The van der Waals surface area contributed by atoms with E-state index in [4.69, 9.17) is 9.47 Å². The Morgan fingerprint density at radius 2 is 1.89 bits per heavy atom. The van der Waals surface area contributed by atoms with Gasteiger partial charge in [0.05, 0.1) is 36.5 Å². The average molecular weight is 509 g/mol. The largest absolute Gasteiger partial charge is 0.507 e. The summed E-state index contributed by atoms with van der Waals surface area (Å²) in [5.41, 5.74) is 0.106. The number of aliphatic hydroxyl groups is 1. The van der Waals surface area contributed by atoms with Crippen molar-refractivity contribution in [3.05, 3.63) is 85.9 Å². The summed E-state index contributed by atoms with van der Waals surface area (Å²) in [4.78, 5) is 54.9. The number of non-ortho nitro benzene ring substituents is 1. The number of aryl methyl sites for hydroxylation is 1. The number of carbonyl (C=O) groups excluding carboxylic acids is 3. The number of hydrogen-bond acceptors (Lipinski definition) is 10. The fourth-order valence-corrected chi connectivity index (χ4v) is 4.86. The third-order valence-corrected chi connectivity index (χ3v) is 6.68. The predicted molar refractivity (Wildman–Crippen MR) is 129 cm³/mol. The second-order valence-corrected chi connectivity index (χ2v) is 8.63. The first-order valence-corrected chi connectivity index (χ1v) is 11.2. The summed E-state index contributed by atoms with van der Waals surface area (Å²) < 4.78 is 9.94. The van der Waals surface area contributed by atoms with E-state index in [0.29, 0.717) is 5.75 Å². The number of esters is 1. The van der Waals surface area contributed by atoms with Crippen LogP contribution in [0.3, 0.4) is 0 Å². The van der Waals surface area contributed by atoms with Crippen LogP contribution in [0, 0.1) is 17.0 Å². The predicted octanol–water partition coefficient (Wildman–Crippen LogP) is 3.78. The van der Waals surface area contributed by atoms with E-state index < -0.39 is 34.4 Å². The summed E-state index contributed by atoms with van der Waals surface area (Å²) >= 11 is 0.829. The van der Waals surface area contributed by atoms with Crippen LogP contribution in [-0.2, 0) is 14.3 Å². The maximum absolute atomic E-state index is 13.3. The molecule has 0 bridgehead atoms. The molecule has 12 heteroatoms. The SMILES string of the molecule is COC(=O)c1sc(N2C(=O)C(=O)C(=C(O)c3cccc(OC)c3)[C@@H]2c2cccc([N+](=O)[O-])c2)nc1C. The number of amides is 1. The molecule has 3 aromatic rings. The van der Waals surface area contributed by atoms with Crippen LogP contribution in [0.4, 0.5) is 10.8 Å². The van der Waals surface area contributed by atoms with Crippen LogP contribution in [0.5, 0.6) is 5.75 Å². The van der Waals surface area contributed by atoms with Gasteiger partial charge < -0.3 is 14.6 Å². The van der Waals surface area contributed by atoms with Crippen molar-refractivity contribution < 1.29 is 33.9 Å². The highest BCUT2D eigenvalue weighted by Crippen LogP contribution is 2.44. The Morgan fingerprint density at radius 1 is 1.17 bits per heavy atom. The molecule has 0 aliphatic carbocycles. The van der Waals surface area contributed by atoms with Crippen molar-refractivity contribution in [3.63, 3.8) is 0 Å². The van der Waals surface area contributed by atoms with Crippen LogP contribution in [-0.4, -0.2) is 46.9 Å². The van der Waals surface area contributed by atoms with Crippen LogP contribution in [0.25, 0.3) is 5.76 Å². The van der Waals surface area contributed by atoms with E-state index >= 15 is 0 Å². The molecule has 1 N–H and O–H groups in total. The van der Waals surface area contributed by atoms with Gasteiger partial charge >= 0.3 is 11.9 Å². The van der Waals surface area contributed by atoms with E-state index in [9.17, 15) is 29.6 Å². The molecule has 1 aliphatic rings. The monoisotopic (exact) mass is 509 g/mol. The quantitative estimate of drug-likeness (QED) is 0.131. The highest BCUT2D eigenvalue weighted by Gasteiger charge is 2.48. The molecule has 4 rings (SSSR count). The summed E-state index contributed by atoms with van der Waals surface area (Å²) in [6.07, 6.45) is 0. The lowest BCUT2D eigenvalue weighted by atomic mass is 9.95. The minimum atomic E-state index is -1.26. The van der Waals surface area contributed by atoms with Crippen molar-refractivity contribution in [3.8, 4) is 5.75 Å². The van der Waals surface area contributed by atoms with Gasteiger partial charge in [-0.05, 0) is 24.6 Å². The molecular weight excluding hydrogens is 490 g/mol. The molecule has 36 heavy (non-hydrogen) atoms. The molecule has 1 aromatic heterocycles. The van der Waals surface area contributed by atoms with Gasteiger partial charge in [-0.15, -0.1) is 0 Å². The zero-order chi connectivity index (χ0) is 26.1. The highest BCUT2D eigenvalue weighted by molar-refractivity contribution is 7.17. The van der Waals surface area contributed by atoms with Crippen LogP contribution >= 0.6 is 11.3 Å². The molecule has 1 atom stereocenters. The molecule has 1 amide bonds. The molecule has 184 valence electrons. The molecule has 1 fully saturated rings. The number of aliphatic hydroxyl groups excluding tert-OH is 1. The second-order valence-electron chi connectivity index (χ2n) is 7.66. The maximum atomic E-state index is 13.3. The Hall–Kier alpha value is -4.58. The number of benzene rings is 2. The van der Waals surface area contributed by atoms with Gasteiger partial charge in [-0.2, -0.15) is 0 Å². The van der Waals surface area contributed by atoms with Crippen molar-refractivity contribution in [2.45, 2.75) is 13.0 Å². The van der Waals surface area contributed by atoms with Gasteiger partial charge in [0.25, 0.3) is 11.5 Å². The van der Waals surface area contributed by atoms with Crippen molar-refractivity contribution in [2.24, 2.45) is 0 Å². The third kappa shape index (κ3) is 4.18. The molecule has 0 saturated carbocycles. The van der Waals surface area contributed by atoms with Crippen molar-refractivity contribution in [2.75, 3.05) is 19.1 Å². The third-order valence-electron chi connectivity index (χ3n) is 5.55. The van der Waals surface area contributed by atoms with Crippen LogP contribution in [0.2, 0.25) is 0 Å². The fourth-order valence-electron chi connectivity index (χ4n) is 3.85. The minimum absolute atomic E-state index is 0.00352. The summed E-state index contributed by atoms with van der Waals surface area (Å²) in [5, 5.41) is 22.6. The number of carbonyl (C=O) groups is 3. The zero-order valence-corrected chi connectivity index (χ0v) is 20.1. The standard InChI is InChI=1S/C24H19N3O8S/c1-12-21(23(31)35-3)36-24(25-12)26-18(13-6-4-8-15(10-13)27(32)33)17(20(29)22(26)30)19(28)14-7-5-9-16(11-14)34-2/h4-11,18,28H,1-3H3/t18-/m0/s1. The van der Waals surface area contributed by atoms with Crippen molar-refractivity contribution >= 4 is 45.6 Å². The van der Waals surface area contributed by atoms with E-state index in [1.807, 2.05) is 0 Å². The van der Waals surface area contributed by atoms with E-state index in [0.717, 1.165) is 16.2 Å². The zero-order valence-electron chi connectivity index (χ0n) is 19.3. The lowest BCUT2D eigenvalue weighted by Gasteiger charge is -2.22. The maximum Gasteiger partial charge on any atom is 0.350 e. The number of anilines is 1. The van der Waals surface area contributed by atoms with Gasteiger partial charge in [0.1, 0.15) is 16.4 Å². The lowest BCUT2D eigenvalue weighted by molar-refractivity contribution is -0.384. The molecule has 2 heterocycles. The first-order valence-electron chi connectivity index (χ1n) is 10.4. The van der Waals surface area contributed by atoms with Crippen molar-refractivity contribution in [1.82, 2.24) is 4.98 Å². The Kier molecular flexibility index (Phi) is 6.53. The highest BCUT2D eigenvalue weighted by atomic mass is 32.1. The number of hydrogen-bond donors (Lipinski definition) is 1. The molecule has 11 nitrogen and oxygen atoms in total. The summed E-state index contributed by atoms with van der Waals surface area (Å²) in [6.45, 7) is 1.54. The molecular formula is C24H19N3O8S. The van der Waals surface area contributed by atoms with Crippen LogP contribution in [0.15, 0.2) is 54.1 Å². The number of thiazole rings is 1. The van der Waals surface area contributed by atoms with Crippen molar-refractivity contribution in [1.29, 1.82) is 0 Å². The molecule has 1 aliphatic heterocycles. The number of nitro benzene ring substituents is 1. The number of Topliss-reactive ketones (excluding diaryl/α,β-unsaturated/α-hetero) is 1. The van der Waals surface area contributed by atoms with E-state index in [2.05, 4.69) is 4.98 Å². The molecule has 0 radical (unpaired) electrons. The number of ketones is 1. The number of nitrogens with zero attached hydrogens (tertiary/aromatic N) is 3. The number of aromatic nitrogens is 1. The number of nitro groups is 1. The van der Waals surface area contributed by atoms with E-state index in [1.165, 1.54) is 50.6 Å². The first-order chi connectivity index (χ1) is 17.2. The van der Waals surface area contributed by atoms with Crippen LogP contribution in [0.1, 0.15) is 32.5 Å². The minimum Gasteiger partial charge on any atom is -0.507 e. The number of rotatable bonds is 6. The summed E-state index contributed by atoms with van der Waals surface area (Å²) in [6, 6.07) is 10.4. The molecule has 1 saturated heterocycles. The number of methoxy groups -OCH3 is 2. The van der Waals surface area contributed by atoms with Gasteiger partial charge in [-0.1, -0.05) is 35.6 Å². The van der Waals surface area contributed by atoms with Gasteiger partial charge in [0.2, 0.25) is 0 Å². The van der Waals surface area contributed by atoms with Gasteiger partial charge in [-0.3, -0.25) is 24.6 Å². The Labute approximate surface area is 208 Å². The lowest BCUT2D eigenvalue weighted by Crippen LogP contribution is -2.29. The topological polar surface area (TPSA) is 149 Å².